The highest BCUT2D eigenvalue weighted by atomic mass is 35.5. The monoisotopic (exact) mass is 227 g/mol. The summed E-state index contributed by atoms with van der Waals surface area (Å²) >= 11 is 5.81. The summed E-state index contributed by atoms with van der Waals surface area (Å²) in [5.41, 5.74) is -0.0325. The van der Waals surface area contributed by atoms with Crippen LogP contribution in [0, 0.1) is 10.1 Å². The summed E-state index contributed by atoms with van der Waals surface area (Å²) in [7, 11) is 0. The van der Waals surface area contributed by atoms with Crippen molar-refractivity contribution in [2.75, 3.05) is 6.61 Å². The van der Waals surface area contributed by atoms with Gasteiger partial charge in [0.2, 0.25) is 0 Å². The third kappa shape index (κ3) is 3.25. The maximum atomic E-state index is 10.5. The first kappa shape index (κ1) is 11.5. The number of benzene rings is 1. The molecule has 0 aliphatic heterocycles. The van der Waals surface area contributed by atoms with Gasteiger partial charge in [-0.1, -0.05) is 23.8 Å². The van der Waals surface area contributed by atoms with Gasteiger partial charge in [-0.05, 0) is 13.0 Å². The fraction of sp³-hybridized carbons (Fsp3) is 0.200. The molecule has 0 spiro atoms. The lowest BCUT2D eigenvalue weighted by Crippen LogP contribution is -1.95. The van der Waals surface area contributed by atoms with E-state index >= 15 is 0 Å². The van der Waals surface area contributed by atoms with Gasteiger partial charge >= 0.3 is 0 Å². The zero-order valence-corrected chi connectivity index (χ0v) is 8.90. The van der Waals surface area contributed by atoms with Crippen molar-refractivity contribution in [3.63, 3.8) is 0 Å². The Morgan fingerprint density at radius 2 is 2.33 bits per heavy atom. The Hall–Kier alpha value is -1.55. The van der Waals surface area contributed by atoms with Crippen molar-refractivity contribution in [3.05, 3.63) is 45.5 Å². The molecule has 0 radical (unpaired) electrons. The molecule has 5 heteroatoms. The molecule has 0 aromatic heterocycles. The van der Waals surface area contributed by atoms with Crippen LogP contribution in [0.1, 0.15) is 6.92 Å². The van der Waals surface area contributed by atoms with Crippen LogP contribution in [0.15, 0.2) is 30.4 Å². The van der Waals surface area contributed by atoms with Gasteiger partial charge in [-0.15, -0.1) is 0 Å². The average molecular weight is 228 g/mol. The first-order valence-corrected chi connectivity index (χ1v) is 4.71. The number of halogens is 1. The van der Waals surface area contributed by atoms with E-state index in [2.05, 4.69) is 0 Å². The number of nitrogens with zero attached hydrogens (tertiary/aromatic N) is 1. The number of non-ortho nitro benzene ring substituents is 1. The van der Waals surface area contributed by atoms with Crippen LogP contribution in [0.25, 0.3) is 0 Å². The number of ether oxygens (including phenoxy) is 1. The number of hydrogen-bond acceptors (Lipinski definition) is 3. The summed E-state index contributed by atoms with van der Waals surface area (Å²) in [6.07, 6.45) is 3.61. The van der Waals surface area contributed by atoms with Crippen molar-refractivity contribution >= 4 is 17.3 Å². The van der Waals surface area contributed by atoms with E-state index in [1.54, 1.807) is 6.08 Å². The Morgan fingerprint density at radius 1 is 1.60 bits per heavy atom. The van der Waals surface area contributed by atoms with Crippen LogP contribution in [0.5, 0.6) is 5.75 Å². The summed E-state index contributed by atoms with van der Waals surface area (Å²) in [6, 6.07) is 4.10. The molecule has 1 aromatic carbocycles. The Balaban J connectivity index is 2.85. The van der Waals surface area contributed by atoms with Gasteiger partial charge in [0, 0.05) is 6.07 Å². The van der Waals surface area contributed by atoms with Crippen molar-refractivity contribution in [1.82, 2.24) is 0 Å². The molecule has 0 unspecified atom stereocenters. The molecule has 0 aliphatic carbocycles. The van der Waals surface area contributed by atoms with E-state index < -0.39 is 4.92 Å². The van der Waals surface area contributed by atoms with Crippen LogP contribution >= 0.6 is 11.6 Å². The number of nitro groups is 1. The predicted octanol–water partition coefficient (Wildman–Crippen LogP) is 3.20. The smallest absolute Gasteiger partial charge is 0.273 e. The van der Waals surface area contributed by atoms with Gasteiger partial charge in [0.15, 0.2) is 0 Å². The zero-order valence-electron chi connectivity index (χ0n) is 8.14. The molecule has 0 saturated carbocycles. The van der Waals surface area contributed by atoms with Crippen LogP contribution < -0.4 is 4.74 Å². The lowest BCUT2D eigenvalue weighted by atomic mass is 10.3. The Morgan fingerprint density at radius 3 is 2.93 bits per heavy atom. The molecular weight excluding hydrogens is 218 g/mol. The third-order valence-corrected chi connectivity index (χ3v) is 2.01. The van der Waals surface area contributed by atoms with Crippen molar-refractivity contribution in [2.45, 2.75) is 6.92 Å². The molecule has 80 valence electrons. The molecule has 4 nitrogen and oxygen atoms in total. The molecule has 1 aromatic rings. The zero-order chi connectivity index (χ0) is 11.3. The summed E-state index contributed by atoms with van der Waals surface area (Å²) in [5.74, 6) is 0.323. The van der Waals surface area contributed by atoms with Crippen molar-refractivity contribution in [2.24, 2.45) is 0 Å². The minimum absolute atomic E-state index is 0.0325. The second-order valence-corrected chi connectivity index (χ2v) is 3.16. The molecule has 0 N–H and O–H groups in total. The van der Waals surface area contributed by atoms with E-state index in [-0.39, 0.29) is 5.69 Å². The average Bonchev–Trinajstić information content (AvgIpc) is 2.20. The number of hydrogen-bond donors (Lipinski definition) is 0. The Bertz CT molecular complexity index is 390. The highest BCUT2D eigenvalue weighted by molar-refractivity contribution is 6.32. The van der Waals surface area contributed by atoms with Crippen LogP contribution in [0.2, 0.25) is 5.02 Å². The molecule has 1 rings (SSSR count). The molecule has 15 heavy (non-hydrogen) atoms. The fourth-order valence-corrected chi connectivity index (χ4v) is 1.12. The van der Waals surface area contributed by atoms with Gasteiger partial charge in [-0.25, -0.2) is 0 Å². The van der Waals surface area contributed by atoms with Gasteiger partial charge in [-0.2, -0.15) is 0 Å². The minimum Gasteiger partial charge on any atom is -0.488 e. The normalized spacial score (nSPS) is 10.5. The van der Waals surface area contributed by atoms with Crippen molar-refractivity contribution in [3.8, 4) is 5.75 Å². The van der Waals surface area contributed by atoms with E-state index in [4.69, 9.17) is 16.3 Å². The maximum Gasteiger partial charge on any atom is 0.273 e. The summed E-state index contributed by atoms with van der Waals surface area (Å²) in [5, 5.41) is 10.9. The van der Waals surface area contributed by atoms with Crippen LogP contribution in [0.4, 0.5) is 5.69 Å². The van der Waals surface area contributed by atoms with Gasteiger partial charge < -0.3 is 4.74 Å². The van der Waals surface area contributed by atoms with E-state index in [1.165, 1.54) is 18.2 Å². The largest absolute Gasteiger partial charge is 0.488 e. The van der Waals surface area contributed by atoms with Crippen molar-refractivity contribution in [1.29, 1.82) is 0 Å². The molecule has 0 aliphatic rings. The number of nitro benzene ring substituents is 1. The lowest BCUT2D eigenvalue weighted by molar-refractivity contribution is -0.384. The highest BCUT2D eigenvalue weighted by Gasteiger charge is 2.09. The lowest BCUT2D eigenvalue weighted by Gasteiger charge is -2.04. The van der Waals surface area contributed by atoms with E-state index in [9.17, 15) is 10.1 Å². The first-order chi connectivity index (χ1) is 7.15. The molecule has 0 amide bonds. The molecule has 0 atom stereocenters. The van der Waals surface area contributed by atoms with Gasteiger partial charge in [-0.3, -0.25) is 10.1 Å². The predicted molar refractivity (Wildman–Crippen MR) is 58.4 cm³/mol. The minimum atomic E-state index is -0.487. The Labute approximate surface area is 92.3 Å². The summed E-state index contributed by atoms with van der Waals surface area (Å²) < 4.78 is 5.24. The second-order valence-electron chi connectivity index (χ2n) is 2.75. The summed E-state index contributed by atoms with van der Waals surface area (Å²) in [6.45, 7) is 2.20. The number of allylic oxidation sites excluding steroid dienone is 1. The van der Waals surface area contributed by atoms with Crippen LogP contribution in [-0.4, -0.2) is 11.5 Å². The first-order valence-electron chi connectivity index (χ1n) is 4.33. The molecule has 0 bridgehead atoms. The van der Waals surface area contributed by atoms with Gasteiger partial charge in [0.05, 0.1) is 16.0 Å². The Kier molecular flexibility index (Phi) is 4.12. The summed E-state index contributed by atoms with van der Waals surface area (Å²) in [4.78, 5) is 10.0. The van der Waals surface area contributed by atoms with Gasteiger partial charge in [0.25, 0.3) is 5.69 Å². The van der Waals surface area contributed by atoms with Crippen molar-refractivity contribution < 1.29 is 9.66 Å². The SMILES string of the molecule is CC=CCOc1cc([N+](=O)[O-])ccc1Cl. The molecule has 0 heterocycles. The van der Waals surface area contributed by atoms with E-state index in [0.29, 0.717) is 17.4 Å². The van der Waals surface area contributed by atoms with Crippen LogP contribution in [-0.2, 0) is 0 Å². The standard InChI is InChI=1S/C10H10ClNO3/c1-2-3-6-15-10-7-8(12(13)14)4-5-9(10)11/h2-5,7H,6H2,1H3. The van der Waals surface area contributed by atoms with E-state index in [0.717, 1.165) is 0 Å². The van der Waals surface area contributed by atoms with Crippen LogP contribution in [0.3, 0.4) is 0 Å². The highest BCUT2D eigenvalue weighted by Crippen LogP contribution is 2.28. The molecular formula is C10H10ClNO3. The molecule has 0 saturated heterocycles. The maximum absolute atomic E-state index is 10.5. The quantitative estimate of drug-likeness (QED) is 0.451. The third-order valence-electron chi connectivity index (χ3n) is 1.70. The number of rotatable bonds is 4. The van der Waals surface area contributed by atoms with E-state index in [1.807, 2.05) is 13.0 Å². The molecule has 0 fully saturated rings. The topological polar surface area (TPSA) is 52.4 Å². The fourth-order valence-electron chi connectivity index (χ4n) is 0.950. The second kappa shape index (κ2) is 5.36. The van der Waals surface area contributed by atoms with Gasteiger partial charge in [0.1, 0.15) is 12.4 Å².